The number of hydrogen-bond acceptors (Lipinski definition) is 4. The summed E-state index contributed by atoms with van der Waals surface area (Å²) >= 11 is 6.27. The van der Waals surface area contributed by atoms with Crippen LogP contribution in [0, 0.1) is 6.92 Å². The number of benzene rings is 1. The highest BCUT2D eigenvalue weighted by Gasteiger charge is 2.16. The molecule has 2 rings (SSSR count). The number of hydrogen-bond donors (Lipinski definition) is 1. The van der Waals surface area contributed by atoms with Crippen molar-refractivity contribution < 1.29 is 9.53 Å². The zero-order valence-electron chi connectivity index (χ0n) is 14.5. The maximum atomic E-state index is 12.3. The molecule has 24 heavy (non-hydrogen) atoms. The van der Waals surface area contributed by atoms with Crippen LogP contribution in [0.15, 0.2) is 24.3 Å². The number of amides is 1. The number of rotatable bonds is 7. The Hall–Kier alpha value is -2.05. The van der Waals surface area contributed by atoms with Crippen LogP contribution in [-0.2, 0) is 18.4 Å². The summed E-state index contributed by atoms with van der Waals surface area (Å²) in [6, 6.07) is 7.29. The fourth-order valence-corrected chi connectivity index (χ4v) is 2.70. The Morgan fingerprint density at radius 2 is 2.21 bits per heavy atom. The van der Waals surface area contributed by atoms with Gasteiger partial charge in [-0.15, -0.1) is 0 Å². The molecule has 0 aliphatic heterocycles. The fourth-order valence-electron chi connectivity index (χ4n) is 2.46. The van der Waals surface area contributed by atoms with E-state index in [4.69, 9.17) is 16.3 Å². The van der Waals surface area contributed by atoms with E-state index in [0.29, 0.717) is 23.1 Å². The average Bonchev–Trinajstić information content (AvgIpc) is 2.80. The molecule has 130 valence electrons. The third-order valence-corrected chi connectivity index (χ3v) is 4.29. The molecule has 0 atom stereocenters. The summed E-state index contributed by atoms with van der Waals surface area (Å²) in [5.74, 6) is 0.626. The van der Waals surface area contributed by atoms with Crippen molar-refractivity contribution in [3.8, 4) is 5.75 Å². The Kier molecular flexibility index (Phi) is 6.23. The van der Waals surface area contributed by atoms with Crippen molar-refractivity contribution in [1.29, 1.82) is 0 Å². The summed E-state index contributed by atoms with van der Waals surface area (Å²) in [6.45, 7) is 5.53. The molecule has 0 aliphatic rings. The topological polar surface area (TPSA) is 59.4 Å². The molecule has 1 N–H and O–H groups in total. The summed E-state index contributed by atoms with van der Waals surface area (Å²) in [7, 11) is 3.41. The monoisotopic (exact) mass is 350 g/mol. The third kappa shape index (κ3) is 4.49. The fraction of sp³-hybridized carbons (Fsp3) is 0.412. The highest BCUT2D eigenvalue weighted by atomic mass is 35.5. The molecule has 0 saturated carbocycles. The van der Waals surface area contributed by atoms with Crippen molar-refractivity contribution in [3.05, 3.63) is 40.7 Å². The number of ether oxygens (including phenoxy) is 1. The average molecular weight is 351 g/mol. The van der Waals surface area contributed by atoms with Crippen LogP contribution in [0.25, 0.3) is 0 Å². The molecule has 1 aromatic heterocycles. The second-order valence-electron chi connectivity index (χ2n) is 5.56. The van der Waals surface area contributed by atoms with Crippen molar-refractivity contribution in [2.75, 3.05) is 25.5 Å². The van der Waals surface area contributed by atoms with Gasteiger partial charge in [-0.25, -0.2) is 0 Å². The number of anilines is 1. The van der Waals surface area contributed by atoms with Gasteiger partial charge >= 0.3 is 0 Å². The van der Waals surface area contributed by atoms with E-state index in [9.17, 15) is 4.79 Å². The molecule has 2 aromatic rings. The number of carbonyl (C=O) groups excluding carboxylic acids is 1. The number of nitrogens with zero attached hydrogens (tertiary/aromatic N) is 3. The van der Waals surface area contributed by atoms with Gasteiger partial charge in [0.25, 0.3) is 0 Å². The molecular weight excluding hydrogens is 328 g/mol. The third-order valence-electron chi connectivity index (χ3n) is 3.82. The zero-order chi connectivity index (χ0) is 17.7. The van der Waals surface area contributed by atoms with Gasteiger partial charge in [0.05, 0.1) is 19.3 Å². The van der Waals surface area contributed by atoms with Crippen LogP contribution in [0.4, 0.5) is 5.69 Å². The van der Waals surface area contributed by atoms with Crippen LogP contribution in [0.2, 0.25) is 5.15 Å². The maximum Gasteiger partial charge on any atom is 0.238 e. The maximum absolute atomic E-state index is 12.3. The van der Waals surface area contributed by atoms with E-state index < -0.39 is 0 Å². The summed E-state index contributed by atoms with van der Waals surface area (Å²) in [5.41, 5.74) is 2.55. The van der Waals surface area contributed by atoms with Gasteiger partial charge in [0.2, 0.25) is 5.91 Å². The molecule has 1 amide bonds. The van der Waals surface area contributed by atoms with Gasteiger partial charge in [-0.05, 0) is 25.6 Å². The standard InChI is InChI=1S/C17H23ClN4O2/c1-5-22(10-15-12(2)20-21(3)17(15)18)11-16(23)19-13-7-6-8-14(9-13)24-4/h6-9H,5,10-11H2,1-4H3,(H,19,23). The van der Waals surface area contributed by atoms with Gasteiger partial charge in [-0.1, -0.05) is 24.6 Å². The Morgan fingerprint density at radius 1 is 1.46 bits per heavy atom. The van der Waals surface area contributed by atoms with Gasteiger partial charge in [0.1, 0.15) is 10.9 Å². The first-order valence-electron chi connectivity index (χ1n) is 7.78. The van der Waals surface area contributed by atoms with Crippen LogP contribution in [0.5, 0.6) is 5.75 Å². The van der Waals surface area contributed by atoms with Crippen molar-refractivity contribution >= 4 is 23.2 Å². The van der Waals surface area contributed by atoms with Crippen LogP contribution in [0.1, 0.15) is 18.2 Å². The summed E-state index contributed by atoms with van der Waals surface area (Å²) in [6.07, 6.45) is 0. The molecule has 0 radical (unpaired) electrons. The first-order valence-corrected chi connectivity index (χ1v) is 8.16. The van der Waals surface area contributed by atoms with Crippen molar-refractivity contribution in [1.82, 2.24) is 14.7 Å². The zero-order valence-corrected chi connectivity index (χ0v) is 15.2. The minimum Gasteiger partial charge on any atom is -0.497 e. The molecule has 6 nitrogen and oxygen atoms in total. The summed E-state index contributed by atoms with van der Waals surface area (Å²) in [5, 5.41) is 7.81. The van der Waals surface area contributed by atoms with E-state index >= 15 is 0 Å². The van der Waals surface area contributed by atoms with Crippen molar-refractivity contribution in [3.63, 3.8) is 0 Å². The van der Waals surface area contributed by atoms with Gasteiger partial charge in [0, 0.05) is 30.9 Å². The minimum atomic E-state index is -0.0808. The minimum absolute atomic E-state index is 0.0808. The lowest BCUT2D eigenvalue weighted by atomic mass is 10.2. The number of carbonyl (C=O) groups is 1. The van der Waals surface area contributed by atoms with Crippen LogP contribution < -0.4 is 10.1 Å². The predicted octanol–water partition coefficient (Wildman–Crippen LogP) is 2.85. The smallest absolute Gasteiger partial charge is 0.238 e. The summed E-state index contributed by atoms with van der Waals surface area (Å²) in [4.78, 5) is 14.3. The normalized spacial score (nSPS) is 10.9. The van der Waals surface area contributed by atoms with Crippen molar-refractivity contribution in [2.24, 2.45) is 7.05 Å². The molecule has 0 bridgehead atoms. The molecule has 0 fully saturated rings. The van der Waals surface area contributed by atoms with E-state index in [0.717, 1.165) is 17.8 Å². The second-order valence-corrected chi connectivity index (χ2v) is 5.92. The Labute approximate surface area is 147 Å². The van der Waals surface area contributed by atoms with Gasteiger partial charge in [0.15, 0.2) is 0 Å². The molecule has 0 aliphatic carbocycles. The Balaban J connectivity index is 2.00. The lowest BCUT2D eigenvalue weighted by molar-refractivity contribution is -0.117. The lowest BCUT2D eigenvalue weighted by Crippen LogP contribution is -2.33. The molecule has 1 aromatic carbocycles. The number of likely N-dealkylation sites (N-methyl/N-ethyl adjacent to an activating group) is 1. The predicted molar refractivity (Wildman–Crippen MR) is 95.5 cm³/mol. The molecule has 0 saturated heterocycles. The Bertz CT molecular complexity index is 715. The van der Waals surface area contributed by atoms with E-state index in [1.807, 2.05) is 44.0 Å². The quantitative estimate of drug-likeness (QED) is 0.834. The highest BCUT2D eigenvalue weighted by Crippen LogP contribution is 2.21. The largest absolute Gasteiger partial charge is 0.497 e. The number of aromatic nitrogens is 2. The SMILES string of the molecule is CCN(CC(=O)Nc1cccc(OC)c1)Cc1c(C)nn(C)c1Cl. The highest BCUT2D eigenvalue weighted by molar-refractivity contribution is 6.30. The summed E-state index contributed by atoms with van der Waals surface area (Å²) < 4.78 is 6.81. The lowest BCUT2D eigenvalue weighted by Gasteiger charge is -2.20. The van der Waals surface area contributed by atoms with Gasteiger partial charge in [-0.2, -0.15) is 5.10 Å². The molecular formula is C17H23ClN4O2. The first kappa shape index (κ1) is 18.3. The van der Waals surface area contributed by atoms with Crippen LogP contribution in [-0.4, -0.2) is 40.8 Å². The van der Waals surface area contributed by atoms with E-state index in [2.05, 4.69) is 10.4 Å². The van der Waals surface area contributed by atoms with Crippen LogP contribution >= 0.6 is 11.6 Å². The van der Waals surface area contributed by atoms with E-state index in [1.165, 1.54) is 0 Å². The molecule has 0 unspecified atom stereocenters. The second kappa shape index (κ2) is 8.17. The molecule has 1 heterocycles. The number of aryl methyl sites for hydroxylation is 2. The van der Waals surface area contributed by atoms with Gasteiger partial charge in [-0.3, -0.25) is 14.4 Å². The van der Waals surface area contributed by atoms with Crippen LogP contribution in [0.3, 0.4) is 0 Å². The molecule has 0 spiro atoms. The van der Waals surface area contributed by atoms with Gasteiger partial charge < -0.3 is 10.1 Å². The van der Waals surface area contributed by atoms with E-state index in [-0.39, 0.29) is 12.5 Å². The van der Waals surface area contributed by atoms with Crippen molar-refractivity contribution in [2.45, 2.75) is 20.4 Å². The first-order chi connectivity index (χ1) is 11.4. The number of methoxy groups -OCH3 is 1. The van der Waals surface area contributed by atoms with E-state index in [1.54, 1.807) is 17.9 Å². The molecule has 7 heteroatoms. The Morgan fingerprint density at radius 3 is 2.79 bits per heavy atom. The number of halogens is 1. The number of nitrogens with one attached hydrogen (secondary N) is 1.